The van der Waals surface area contributed by atoms with Gasteiger partial charge in [0.2, 0.25) is 17.0 Å². The van der Waals surface area contributed by atoms with Gasteiger partial charge in [-0.25, -0.2) is 13.8 Å². The minimum absolute atomic E-state index is 0.0446. The number of halogens is 2. The molecule has 1 aliphatic carbocycles. The molecule has 8 nitrogen and oxygen atoms in total. The molecule has 1 aromatic rings. The van der Waals surface area contributed by atoms with Gasteiger partial charge in [0.25, 0.3) is 5.92 Å². The maximum absolute atomic E-state index is 13.0. The summed E-state index contributed by atoms with van der Waals surface area (Å²) < 4.78 is 36.2. The zero-order valence-electron chi connectivity index (χ0n) is 20.0. The third-order valence-electron chi connectivity index (χ3n) is 6.83. The molecule has 0 spiro atoms. The van der Waals surface area contributed by atoms with Gasteiger partial charge in [-0.2, -0.15) is 4.98 Å². The van der Waals surface area contributed by atoms with Gasteiger partial charge in [0.05, 0.1) is 12.5 Å². The second kappa shape index (κ2) is 11.3. The number of aliphatic imine (C=N–C) groups is 1. The number of thioether (sulfide) groups is 1. The zero-order chi connectivity index (χ0) is 24.1. The summed E-state index contributed by atoms with van der Waals surface area (Å²) in [5, 5.41) is 7.66. The van der Waals surface area contributed by atoms with E-state index in [2.05, 4.69) is 25.3 Å². The molecule has 1 N–H and O–H groups in total. The molecule has 0 bridgehead atoms. The molecule has 11 heteroatoms. The van der Waals surface area contributed by atoms with Gasteiger partial charge in [-0.3, -0.25) is 4.79 Å². The van der Waals surface area contributed by atoms with E-state index in [-0.39, 0.29) is 24.4 Å². The minimum Gasteiger partial charge on any atom is -0.467 e. The Hall–Kier alpha value is -1.75. The lowest BCUT2D eigenvalue weighted by molar-refractivity contribution is -0.121. The maximum Gasteiger partial charge on any atom is 0.278 e. The number of likely N-dealkylation sites (tertiary alicyclic amines) is 1. The fourth-order valence-corrected chi connectivity index (χ4v) is 6.13. The van der Waals surface area contributed by atoms with Crippen LogP contribution >= 0.6 is 11.8 Å². The summed E-state index contributed by atoms with van der Waals surface area (Å²) in [4.78, 5) is 23.4. The van der Waals surface area contributed by atoms with E-state index in [0.717, 1.165) is 65.1 Å². The molecular weight excluding hydrogens is 464 g/mol. The van der Waals surface area contributed by atoms with Gasteiger partial charge >= 0.3 is 0 Å². The molecule has 0 radical (unpaired) electrons. The number of aryl methyl sites for hydroxylation is 1. The van der Waals surface area contributed by atoms with Crippen LogP contribution in [0.2, 0.25) is 0 Å². The van der Waals surface area contributed by atoms with Crippen molar-refractivity contribution >= 4 is 22.9 Å². The number of rotatable bonds is 8. The number of hydrogen-bond acceptors (Lipinski definition) is 8. The first-order valence-corrected chi connectivity index (χ1v) is 13.2. The summed E-state index contributed by atoms with van der Waals surface area (Å²) in [5.74, 6) is -1.28. The molecule has 190 valence electrons. The van der Waals surface area contributed by atoms with Crippen molar-refractivity contribution in [1.29, 1.82) is 0 Å². The lowest BCUT2D eigenvalue weighted by atomic mass is 9.84. The highest BCUT2D eigenvalue weighted by atomic mass is 32.2. The second-order valence-corrected chi connectivity index (χ2v) is 11.1. The van der Waals surface area contributed by atoms with E-state index < -0.39 is 12.5 Å². The van der Waals surface area contributed by atoms with Crippen LogP contribution in [-0.4, -0.2) is 75.7 Å². The van der Waals surface area contributed by atoms with Crippen molar-refractivity contribution < 1.29 is 22.8 Å². The number of amides is 1. The molecule has 3 aliphatic rings. The lowest BCUT2D eigenvalue weighted by Gasteiger charge is -2.30. The number of carbonyl (C=O) groups is 1. The molecule has 2 fully saturated rings. The normalized spacial score (nSPS) is 28.2. The van der Waals surface area contributed by atoms with E-state index in [9.17, 15) is 13.6 Å². The summed E-state index contributed by atoms with van der Waals surface area (Å²) in [6, 6.07) is 0.402. The zero-order valence-corrected chi connectivity index (χ0v) is 20.8. The largest absolute Gasteiger partial charge is 0.467 e. The van der Waals surface area contributed by atoms with E-state index >= 15 is 0 Å². The molecule has 1 amide bonds. The molecule has 1 saturated heterocycles. The average Bonchev–Trinajstić information content (AvgIpc) is 3.32. The highest BCUT2D eigenvalue weighted by Gasteiger charge is 2.35. The van der Waals surface area contributed by atoms with Crippen LogP contribution in [-0.2, 0) is 16.0 Å². The predicted molar refractivity (Wildman–Crippen MR) is 126 cm³/mol. The molecule has 2 aliphatic heterocycles. The number of hydrogen-bond donors (Lipinski definition) is 1. The van der Waals surface area contributed by atoms with Crippen molar-refractivity contribution in [1.82, 2.24) is 20.4 Å². The Morgan fingerprint density at radius 1 is 1.24 bits per heavy atom. The topological polar surface area (TPSA) is 92.9 Å². The first-order chi connectivity index (χ1) is 16.2. The van der Waals surface area contributed by atoms with Crippen LogP contribution in [0, 0.1) is 12.8 Å². The average molecular weight is 500 g/mol. The van der Waals surface area contributed by atoms with E-state index in [1.807, 2.05) is 0 Å². The Morgan fingerprint density at radius 3 is 2.71 bits per heavy atom. The number of nitrogens with one attached hydrogen (secondary N) is 1. The van der Waals surface area contributed by atoms with Gasteiger partial charge in [-0.05, 0) is 64.0 Å². The fourth-order valence-electron chi connectivity index (χ4n) is 4.97. The standard InChI is InChI=1S/C23H35F2N5O3S/c1-15-26-20(29-33-15)13-21(31)27-17-5-3-16(4-6-17)7-10-30-11-8-18-19(9-12-30)34-22(28-18)32-14-23(2,24)25/h16-19H,3-14H2,1-2H3,(H,27,31). The third kappa shape index (κ3) is 7.63. The van der Waals surface area contributed by atoms with Gasteiger partial charge in [-0.1, -0.05) is 16.9 Å². The number of carbonyl (C=O) groups excluding carboxylic acids is 1. The Kier molecular flexibility index (Phi) is 8.44. The van der Waals surface area contributed by atoms with Crippen LogP contribution in [0.25, 0.3) is 0 Å². The van der Waals surface area contributed by atoms with Gasteiger partial charge in [0.1, 0.15) is 0 Å². The van der Waals surface area contributed by atoms with Crippen molar-refractivity contribution in [3.05, 3.63) is 11.7 Å². The second-order valence-electron chi connectivity index (χ2n) is 9.88. The van der Waals surface area contributed by atoms with Crippen molar-refractivity contribution in [3.63, 3.8) is 0 Å². The van der Waals surface area contributed by atoms with Crippen LogP contribution in [0.1, 0.15) is 63.6 Å². The summed E-state index contributed by atoms with van der Waals surface area (Å²) >= 11 is 1.52. The van der Waals surface area contributed by atoms with Crippen molar-refractivity contribution in [2.75, 3.05) is 26.2 Å². The molecule has 2 unspecified atom stereocenters. The van der Waals surface area contributed by atoms with E-state index in [1.54, 1.807) is 6.92 Å². The molecule has 3 heterocycles. The number of nitrogens with zero attached hydrogens (tertiary/aromatic N) is 4. The van der Waals surface area contributed by atoms with E-state index in [0.29, 0.717) is 28.1 Å². The van der Waals surface area contributed by atoms with E-state index in [4.69, 9.17) is 9.26 Å². The minimum atomic E-state index is -2.83. The third-order valence-corrected chi connectivity index (χ3v) is 8.10. The highest BCUT2D eigenvalue weighted by Crippen LogP contribution is 2.35. The molecule has 1 aromatic heterocycles. The quantitative estimate of drug-likeness (QED) is 0.584. The van der Waals surface area contributed by atoms with Crippen LogP contribution in [0.15, 0.2) is 9.52 Å². The Morgan fingerprint density at radius 2 is 2.00 bits per heavy atom. The fraction of sp³-hybridized carbons (Fsp3) is 0.826. The number of fused-ring (bicyclic) bond motifs is 1. The van der Waals surface area contributed by atoms with Crippen molar-refractivity contribution in [2.45, 2.75) is 88.5 Å². The van der Waals surface area contributed by atoms with Crippen LogP contribution in [0.4, 0.5) is 8.78 Å². The first-order valence-electron chi connectivity index (χ1n) is 12.3. The molecule has 4 rings (SSSR count). The smallest absolute Gasteiger partial charge is 0.278 e. The summed E-state index contributed by atoms with van der Waals surface area (Å²) in [6.45, 7) is 5.06. The molecule has 1 saturated carbocycles. The highest BCUT2D eigenvalue weighted by molar-refractivity contribution is 8.14. The Bertz CT molecular complexity index is 854. The number of aromatic nitrogens is 2. The van der Waals surface area contributed by atoms with E-state index in [1.165, 1.54) is 18.2 Å². The first kappa shape index (κ1) is 25.3. The summed E-state index contributed by atoms with van der Waals surface area (Å²) in [6.07, 6.45) is 7.58. The van der Waals surface area contributed by atoms with Crippen LogP contribution < -0.4 is 5.32 Å². The Balaban J connectivity index is 1.11. The maximum atomic E-state index is 13.0. The SMILES string of the molecule is Cc1nc(CC(=O)NC2CCC(CCN3CCC4N=C(OCC(C)(F)F)SC4CC3)CC2)no1. The predicted octanol–water partition coefficient (Wildman–Crippen LogP) is 3.59. The van der Waals surface area contributed by atoms with Crippen LogP contribution in [0.5, 0.6) is 0 Å². The van der Waals surface area contributed by atoms with Crippen molar-refractivity contribution in [3.8, 4) is 0 Å². The molecule has 34 heavy (non-hydrogen) atoms. The summed E-state index contributed by atoms with van der Waals surface area (Å²) in [7, 11) is 0. The van der Waals surface area contributed by atoms with Gasteiger partial charge in [0, 0.05) is 31.7 Å². The number of alkyl halides is 2. The Labute approximate surface area is 203 Å². The molecular formula is C23H35F2N5O3S. The number of ether oxygens (including phenoxy) is 1. The monoisotopic (exact) mass is 499 g/mol. The van der Waals surface area contributed by atoms with Crippen LogP contribution in [0.3, 0.4) is 0 Å². The van der Waals surface area contributed by atoms with Gasteiger partial charge < -0.3 is 19.5 Å². The molecule has 2 atom stereocenters. The molecule has 0 aromatic carbocycles. The van der Waals surface area contributed by atoms with Gasteiger partial charge in [-0.15, -0.1) is 0 Å². The van der Waals surface area contributed by atoms with Gasteiger partial charge in [0.15, 0.2) is 12.4 Å². The van der Waals surface area contributed by atoms with Crippen molar-refractivity contribution in [2.24, 2.45) is 10.9 Å². The lowest BCUT2D eigenvalue weighted by Crippen LogP contribution is -2.39. The summed E-state index contributed by atoms with van der Waals surface area (Å²) in [5.41, 5.74) is 0.